The van der Waals surface area contributed by atoms with E-state index in [0.29, 0.717) is 56.8 Å². The van der Waals surface area contributed by atoms with E-state index in [1.165, 1.54) is 40.6 Å². The van der Waals surface area contributed by atoms with E-state index in [0.717, 1.165) is 72.1 Å². The largest absolute Gasteiger partial charge is 0.501 e. The van der Waals surface area contributed by atoms with E-state index < -0.39 is 82.5 Å². The summed E-state index contributed by atoms with van der Waals surface area (Å²) in [5.74, 6) is -3.14. The minimum absolute atomic E-state index is 0.00420. The smallest absolute Gasteiger partial charge is 0.380 e. The number of anilines is 2. The van der Waals surface area contributed by atoms with Crippen molar-refractivity contribution in [3.05, 3.63) is 154 Å². The maximum atomic E-state index is 14.6. The standard InChI is InChI=1S/C63H70ClF3N8O9S3/c1-40-35-72(36-41(2)74(40)37-42-10-20-52-53(32-42)61(80)75(60(52)79)55-22-23-57(76)69-59(55)78)27-25-47(39-85-49-8-6-5-7-9-49)68-54-21-19-50(33-56(54)86(81,82)63(65,66)67)87(83,84)70-58(77)44-13-17-48(18-14-44)73-30-28-71(29-31-73)38-45-34-62(3,4)26-24-51(45)43-11-15-46(64)16-12-43/h5-21,32-33,40-41,47,55,68H,22-31,34-39H2,1-4H3,(H,70,77)(H,69,76,78)/t40?,41?,47-,55?/m1/s1. The molecule has 5 aliphatic rings. The minimum Gasteiger partial charge on any atom is -0.380 e. The van der Waals surface area contributed by atoms with E-state index in [1.54, 1.807) is 30.3 Å². The molecule has 5 aromatic carbocycles. The average Bonchev–Trinajstić information content (AvgIpc) is 1.83. The lowest BCUT2D eigenvalue weighted by atomic mass is 9.73. The molecule has 5 amide bonds. The maximum Gasteiger partial charge on any atom is 0.501 e. The summed E-state index contributed by atoms with van der Waals surface area (Å²) in [5.41, 5.74) is -0.181. The van der Waals surface area contributed by atoms with Crippen molar-refractivity contribution in [2.24, 2.45) is 5.41 Å². The number of nitrogens with one attached hydrogen (secondary N) is 3. The van der Waals surface area contributed by atoms with E-state index in [2.05, 4.69) is 56.2 Å². The fraction of sp³-hybridized carbons (Fsp3) is 0.413. The third-order valence-corrected chi connectivity index (χ3v) is 21.4. The second-order valence-electron chi connectivity index (χ2n) is 24.0. The van der Waals surface area contributed by atoms with Crippen LogP contribution in [0, 0.1) is 5.41 Å². The number of benzene rings is 5. The van der Waals surface area contributed by atoms with Gasteiger partial charge in [-0.05, 0) is 147 Å². The monoisotopic (exact) mass is 1270 g/mol. The molecular weight excluding hydrogens is 1200 g/mol. The number of nitrogens with zero attached hydrogens (tertiary/aromatic N) is 5. The summed E-state index contributed by atoms with van der Waals surface area (Å²) in [6.45, 7) is 14.5. The van der Waals surface area contributed by atoms with Gasteiger partial charge in [0.25, 0.3) is 37.6 Å². The molecule has 1 aliphatic carbocycles. The highest BCUT2D eigenvalue weighted by atomic mass is 35.5. The Morgan fingerprint density at radius 3 is 2.14 bits per heavy atom. The number of rotatable bonds is 19. The molecule has 0 aromatic heterocycles. The van der Waals surface area contributed by atoms with Gasteiger partial charge in [0.2, 0.25) is 11.8 Å². The number of imide groups is 2. The van der Waals surface area contributed by atoms with Crippen molar-refractivity contribution in [1.82, 2.24) is 29.6 Å². The second kappa shape index (κ2) is 25.9. The summed E-state index contributed by atoms with van der Waals surface area (Å²) in [7, 11) is -11.1. The molecule has 0 bridgehead atoms. The van der Waals surface area contributed by atoms with Gasteiger partial charge in [-0.25, -0.2) is 21.6 Å². The lowest BCUT2D eigenvalue weighted by Gasteiger charge is -2.45. The van der Waals surface area contributed by atoms with Gasteiger partial charge in [0.1, 0.15) is 10.9 Å². The second-order valence-corrected chi connectivity index (χ2v) is 29.1. The summed E-state index contributed by atoms with van der Waals surface area (Å²) in [4.78, 5) is 73.6. The van der Waals surface area contributed by atoms with Gasteiger partial charge in [0.15, 0.2) is 0 Å². The Balaban J connectivity index is 0.786. The number of hydrogen-bond donors (Lipinski definition) is 3. The van der Waals surface area contributed by atoms with Crippen molar-refractivity contribution in [3.8, 4) is 0 Å². The summed E-state index contributed by atoms with van der Waals surface area (Å²) in [6, 6.07) is 29.2. The first-order valence-electron chi connectivity index (χ1n) is 29.1. The van der Waals surface area contributed by atoms with Crippen molar-refractivity contribution in [3.63, 3.8) is 0 Å². The molecule has 3 N–H and O–H groups in total. The van der Waals surface area contributed by atoms with Gasteiger partial charge in [-0.3, -0.25) is 44.0 Å². The summed E-state index contributed by atoms with van der Waals surface area (Å²) < 4.78 is 100. The number of carbonyl (C=O) groups is 5. The molecule has 3 saturated heterocycles. The number of alkyl halides is 3. The Morgan fingerprint density at radius 1 is 0.793 bits per heavy atom. The molecule has 462 valence electrons. The van der Waals surface area contributed by atoms with Crippen LogP contribution in [0.3, 0.4) is 0 Å². The number of sulfone groups is 1. The topological polar surface area (TPSA) is 206 Å². The Kier molecular flexibility index (Phi) is 18.8. The molecule has 3 fully saturated rings. The highest BCUT2D eigenvalue weighted by Gasteiger charge is 2.49. The quantitative estimate of drug-likeness (QED) is 0.0520. The maximum absolute atomic E-state index is 14.6. The molecule has 0 saturated carbocycles. The molecule has 24 heteroatoms. The van der Waals surface area contributed by atoms with Crippen molar-refractivity contribution in [2.45, 2.75) is 117 Å². The fourth-order valence-corrected chi connectivity index (χ4v) is 15.6. The van der Waals surface area contributed by atoms with Gasteiger partial charge in [0, 0.05) is 110 Å². The van der Waals surface area contributed by atoms with Gasteiger partial charge in [-0.15, -0.1) is 11.8 Å². The SMILES string of the molecule is CC1CN(CC[C@H](CSc2ccccc2)Nc2ccc(S(=O)(=O)NC(=O)c3ccc(N4CCN(CC5=C(c6ccc(Cl)cc6)CCC(C)(C)C5)CC4)cc3)cc2S(=O)(=O)C(F)(F)F)CC(C)N1Cc1ccc2c(c1)C(=O)N(C1CCC(=O)NC1=O)C2=O. The third kappa shape index (κ3) is 14.5. The highest BCUT2D eigenvalue weighted by molar-refractivity contribution is 7.99. The Morgan fingerprint density at radius 2 is 1.47 bits per heavy atom. The lowest BCUT2D eigenvalue weighted by Crippen LogP contribution is -2.56. The van der Waals surface area contributed by atoms with Crippen LogP contribution in [0.25, 0.3) is 5.57 Å². The molecule has 0 radical (unpaired) electrons. The first kappa shape index (κ1) is 63.4. The number of sulfonamides is 1. The molecule has 0 spiro atoms. The van der Waals surface area contributed by atoms with Crippen LogP contribution in [-0.4, -0.2) is 154 Å². The van der Waals surface area contributed by atoms with E-state index in [1.807, 2.05) is 61.0 Å². The summed E-state index contributed by atoms with van der Waals surface area (Å²) in [6.07, 6.45) is 3.46. The van der Waals surface area contributed by atoms with Crippen LogP contribution in [0.5, 0.6) is 0 Å². The van der Waals surface area contributed by atoms with E-state index >= 15 is 0 Å². The first-order chi connectivity index (χ1) is 41.2. The van der Waals surface area contributed by atoms with Crippen molar-refractivity contribution in [1.29, 1.82) is 0 Å². The van der Waals surface area contributed by atoms with Crippen LogP contribution < -0.4 is 20.3 Å². The van der Waals surface area contributed by atoms with Crippen LogP contribution in [0.15, 0.2) is 136 Å². The number of piperidine rings is 1. The van der Waals surface area contributed by atoms with Crippen LogP contribution in [0.4, 0.5) is 24.5 Å². The van der Waals surface area contributed by atoms with Crippen LogP contribution >= 0.6 is 23.4 Å². The third-order valence-electron chi connectivity index (χ3n) is 17.1. The molecule has 4 atom stereocenters. The number of halogens is 4. The van der Waals surface area contributed by atoms with Crippen molar-refractivity contribution in [2.75, 3.05) is 68.3 Å². The molecule has 3 unspecified atom stereocenters. The minimum atomic E-state index is -6.17. The van der Waals surface area contributed by atoms with Crippen LogP contribution in [0.2, 0.25) is 5.02 Å². The van der Waals surface area contributed by atoms with Crippen molar-refractivity contribution >= 4 is 89.7 Å². The molecular formula is C63H70ClF3N8O9S3. The number of amides is 5. The number of hydrogen-bond acceptors (Lipinski definition) is 15. The normalized spacial score (nSPS) is 21.2. The molecule has 10 rings (SSSR count). The van der Waals surface area contributed by atoms with Gasteiger partial charge >= 0.3 is 5.51 Å². The molecule has 17 nitrogen and oxygen atoms in total. The number of thioether (sulfide) groups is 1. The Bertz CT molecular complexity index is 3710. The number of allylic oxidation sites excluding steroid dienone is 1. The van der Waals surface area contributed by atoms with E-state index in [-0.39, 0.29) is 52.8 Å². The molecule has 87 heavy (non-hydrogen) atoms. The zero-order valence-corrected chi connectivity index (χ0v) is 51.9. The number of piperazine rings is 2. The average molecular weight is 1270 g/mol. The molecule has 4 heterocycles. The molecule has 4 aliphatic heterocycles. The zero-order valence-electron chi connectivity index (χ0n) is 48.7. The van der Waals surface area contributed by atoms with Gasteiger partial charge in [-0.2, -0.15) is 13.2 Å². The first-order valence-corrected chi connectivity index (χ1v) is 33.4. The van der Waals surface area contributed by atoms with Gasteiger partial charge in [-0.1, -0.05) is 67.4 Å². The highest BCUT2D eigenvalue weighted by Crippen LogP contribution is 2.43. The zero-order chi connectivity index (χ0) is 62.2. The van der Waals surface area contributed by atoms with Crippen LogP contribution in [-0.2, 0) is 36.0 Å². The lowest BCUT2D eigenvalue weighted by molar-refractivity contribution is -0.136. The molecule has 5 aromatic rings. The predicted octanol–water partition coefficient (Wildman–Crippen LogP) is 9.50. The van der Waals surface area contributed by atoms with E-state index in [4.69, 9.17) is 11.6 Å². The van der Waals surface area contributed by atoms with E-state index in [9.17, 15) is 54.0 Å². The Labute approximate surface area is 515 Å². The van der Waals surface area contributed by atoms with Crippen LogP contribution in [0.1, 0.15) is 108 Å². The van der Waals surface area contributed by atoms with Crippen molar-refractivity contribution < 1.29 is 54.0 Å². The number of fused-ring (bicyclic) bond motifs is 1. The summed E-state index contributed by atoms with van der Waals surface area (Å²) in [5, 5.41) is 5.95. The number of carbonyl (C=O) groups excluding carboxylic acids is 5. The fourth-order valence-electron chi connectivity index (χ4n) is 12.5. The van der Waals surface area contributed by atoms with Gasteiger partial charge in [0.05, 0.1) is 21.7 Å². The Hall–Kier alpha value is -6.60. The predicted molar refractivity (Wildman–Crippen MR) is 329 cm³/mol. The summed E-state index contributed by atoms with van der Waals surface area (Å²) >= 11 is 7.62. The van der Waals surface area contributed by atoms with Gasteiger partial charge < -0.3 is 15.1 Å².